The molecule has 1 saturated heterocycles. The maximum Gasteiger partial charge on any atom is 0.240 e. The second kappa shape index (κ2) is 6.94. The van der Waals surface area contributed by atoms with Crippen molar-refractivity contribution in [2.24, 2.45) is 5.14 Å². The van der Waals surface area contributed by atoms with Crippen LogP contribution in [0.3, 0.4) is 0 Å². The van der Waals surface area contributed by atoms with Crippen molar-refractivity contribution in [3.63, 3.8) is 0 Å². The van der Waals surface area contributed by atoms with Crippen LogP contribution in [0.5, 0.6) is 0 Å². The minimum absolute atomic E-state index is 0.141. The van der Waals surface area contributed by atoms with E-state index in [1.807, 2.05) is 24.8 Å². The van der Waals surface area contributed by atoms with Crippen LogP contribution in [-0.2, 0) is 10.0 Å². The summed E-state index contributed by atoms with van der Waals surface area (Å²) < 4.78 is 23.7. The zero-order chi connectivity index (χ0) is 18.9. The zero-order valence-electron chi connectivity index (χ0n) is 14.8. The zero-order valence-corrected chi connectivity index (χ0v) is 15.6. The Morgan fingerprint density at radius 2 is 1.65 bits per heavy atom. The molecule has 2 N–H and O–H groups in total. The molecule has 8 heteroatoms. The van der Waals surface area contributed by atoms with Crippen molar-refractivity contribution in [2.45, 2.75) is 18.7 Å². The van der Waals surface area contributed by atoms with E-state index >= 15 is 0 Å². The Hall–Kier alpha value is -2.63. The van der Waals surface area contributed by atoms with Gasteiger partial charge in [0.2, 0.25) is 10.0 Å². The van der Waals surface area contributed by atoms with Crippen LogP contribution >= 0.6 is 0 Å². The molecule has 1 fully saturated rings. The Morgan fingerprint density at radius 3 is 2.23 bits per heavy atom. The van der Waals surface area contributed by atoms with Crippen molar-refractivity contribution in [3.8, 4) is 6.07 Å². The van der Waals surface area contributed by atoms with Crippen molar-refractivity contribution in [1.29, 1.82) is 5.26 Å². The topological polar surface area (TPSA) is 103 Å². The highest BCUT2D eigenvalue weighted by Crippen LogP contribution is 2.28. The third-order valence-corrected chi connectivity index (χ3v) is 5.51. The Balaban J connectivity index is 1.85. The Bertz CT molecular complexity index is 974. The first-order chi connectivity index (χ1) is 12.3. The van der Waals surface area contributed by atoms with Crippen LogP contribution < -0.4 is 14.9 Å². The number of aryl methyl sites for hydroxylation is 2. The smallest absolute Gasteiger partial charge is 0.240 e. The summed E-state index contributed by atoms with van der Waals surface area (Å²) >= 11 is 0. The lowest BCUT2D eigenvalue weighted by molar-refractivity contribution is 0.595. The Kier molecular flexibility index (Phi) is 4.85. The molecule has 2 aromatic rings. The fourth-order valence-corrected chi connectivity index (χ4v) is 4.10. The number of anilines is 2. The van der Waals surface area contributed by atoms with Crippen molar-refractivity contribution >= 4 is 21.4 Å². The summed E-state index contributed by atoms with van der Waals surface area (Å²) in [7, 11) is -3.78. The first-order valence-corrected chi connectivity index (χ1v) is 9.86. The number of hydrogen-bond donors (Lipinski definition) is 1. The molecule has 136 valence electrons. The first-order valence-electron chi connectivity index (χ1n) is 8.31. The van der Waals surface area contributed by atoms with Crippen molar-refractivity contribution in [3.05, 3.63) is 47.3 Å². The van der Waals surface area contributed by atoms with Gasteiger partial charge in [0.05, 0.1) is 22.6 Å². The number of para-hydroxylation sites is 1. The number of aromatic nitrogens is 1. The van der Waals surface area contributed by atoms with Crippen LogP contribution in [-0.4, -0.2) is 39.6 Å². The van der Waals surface area contributed by atoms with E-state index in [4.69, 9.17) is 5.14 Å². The lowest BCUT2D eigenvalue weighted by atomic mass is 10.1. The predicted octanol–water partition coefficient (Wildman–Crippen LogP) is 1.54. The van der Waals surface area contributed by atoms with Gasteiger partial charge in [0, 0.05) is 31.9 Å². The van der Waals surface area contributed by atoms with Gasteiger partial charge in [-0.25, -0.2) is 13.6 Å². The Labute approximate surface area is 153 Å². The molecule has 1 aliphatic rings. The number of benzene rings is 1. The summed E-state index contributed by atoms with van der Waals surface area (Å²) in [5.41, 5.74) is 3.70. The van der Waals surface area contributed by atoms with E-state index < -0.39 is 10.0 Å². The Morgan fingerprint density at radius 1 is 1.08 bits per heavy atom. The molecule has 2 heterocycles. The molecule has 1 aliphatic heterocycles. The minimum atomic E-state index is -3.78. The molecule has 0 atom stereocenters. The maximum atomic E-state index is 11.8. The van der Waals surface area contributed by atoms with Gasteiger partial charge in [-0.1, -0.05) is 12.1 Å². The molecule has 0 radical (unpaired) electrons. The van der Waals surface area contributed by atoms with Crippen molar-refractivity contribution in [1.82, 2.24) is 4.98 Å². The number of rotatable bonds is 3. The number of piperazine rings is 1. The molecule has 26 heavy (non-hydrogen) atoms. The predicted molar refractivity (Wildman–Crippen MR) is 101 cm³/mol. The first kappa shape index (κ1) is 18.2. The maximum absolute atomic E-state index is 11.8. The van der Waals surface area contributed by atoms with Crippen LogP contribution in [0, 0.1) is 25.2 Å². The standard InChI is InChI=1S/C18H21N5O2S/c1-13-11-17(15(12-19)14(2)21-13)23-9-7-22(8-10-23)16-5-3-4-6-18(16)26(20,24)25/h3-6,11H,7-10H2,1-2H3,(H2,20,24,25). The van der Waals surface area contributed by atoms with E-state index in [1.54, 1.807) is 18.2 Å². The molecular formula is C18H21N5O2S. The molecular weight excluding hydrogens is 350 g/mol. The number of nitrogens with zero attached hydrogens (tertiary/aromatic N) is 4. The fourth-order valence-electron chi connectivity index (χ4n) is 3.34. The average Bonchev–Trinajstić information content (AvgIpc) is 2.60. The van der Waals surface area contributed by atoms with Gasteiger partial charge >= 0.3 is 0 Å². The van der Waals surface area contributed by atoms with Gasteiger partial charge in [0.1, 0.15) is 11.0 Å². The van der Waals surface area contributed by atoms with Crippen LogP contribution in [0.25, 0.3) is 0 Å². The van der Waals surface area contributed by atoms with Crippen LogP contribution in [0.4, 0.5) is 11.4 Å². The summed E-state index contributed by atoms with van der Waals surface area (Å²) in [5.74, 6) is 0. The van der Waals surface area contributed by atoms with Crippen LogP contribution in [0.1, 0.15) is 17.0 Å². The monoisotopic (exact) mass is 371 g/mol. The molecule has 7 nitrogen and oxygen atoms in total. The van der Waals surface area contributed by atoms with E-state index in [9.17, 15) is 13.7 Å². The number of hydrogen-bond acceptors (Lipinski definition) is 6. The van der Waals surface area contributed by atoms with Crippen molar-refractivity contribution < 1.29 is 8.42 Å². The largest absolute Gasteiger partial charge is 0.367 e. The highest BCUT2D eigenvalue weighted by Gasteiger charge is 2.24. The van der Waals surface area contributed by atoms with Gasteiger partial charge in [-0.3, -0.25) is 4.98 Å². The lowest BCUT2D eigenvalue weighted by Gasteiger charge is -2.38. The van der Waals surface area contributed by atoms with Gasteiger partial charge in [-0.15, -0.1) is 0 Å². The van der Waals surface area contributed by atoms with Gasteiger partial charge in [0.25, 0.3) is 0 Å². The van der Waals surface area contributed by atoms with Gasteiger partial charge < -0.3 is 9.80 Å². The number of primary sulfonamides is 1. The summed E-state index contributed by atoms with van der Waals surface area (Å²) in [6.45, 7) is 6.38. The molecule has 1 aromatic heterocycles. The molecule has 0 aliphatic carbocycles. The lowest BCUT2D eigenvalue weighted by Crippen LogP contribution is -2.47. The number of nitrogens with two attached hydrogens (primary N) is 1. The third-order valence-electron chi connectivity index (χ3n) is 4.55. The molecule has 1 aromatic carbocycles. The molecule has 0 bridgehead atoms. The van der Waals surface area contributed by atoms with Crippen molar-refractivity contribution in [2.75, 3.05) is 36.0 Å². The second-order valence-electron chi connectivity index (χ2n) is 6.34. The molecule has 0 saturated carbocycles. The highest BCUT2D eigenvalue weighted by atomic mass is 32.2. The van der Waals surface area contributed by atoms with E-state index in [-0.39, 0.29) is 4.90 Å². The fraction of sp³-hybridized carbons (Fsp3) is 0.333. The third kappa shape index (κ3) is 3.49. The quantitative estimate of drug-likeness (QED) is 0.878. The van der Waals surface area contributed by atoms with E-state index in [1.165, 1.54) is 6.07 Å². The van der Waals surface area contributed by atoms with Gasteiger partial charge in [-0.2, -0.15) is 5.26 Å². The molecule has 0 amide bonds. The van der Waals surface area contributed by atoms with E-state index in [0.717, 1.165) is 17.1 Å². The highest BCUT2D eigenvalue weighted by molar-refractivity contribution is 7.89. The molecule has 0 unspecified atom stereocenters. The number of nitriles is 1. The number of pyridine rings is 1. The van der Waals surface area contributed by atoms with Crippen LogP contribution in [0.2, 0.25) is 0 Å². The second-order valence-corrected chi connectivity index (χ2v) is 7.87. The number of sulfonamides is 1. The molecule has 0 spiro atoms. The van der Waals surface area contributed by atoms with Gasteiger partial charge in [-0.05, 0) is 32.0 Å². The van der Waals surface area contributed by atoms with E-state index in [2.05, 4.69) is 16.0 Å². The van der Waals surface area contributed by atoms with E-state index in [0.29, 0.717) is 37.4 Å². The summed E-state index contributed by atoms with van der Waals surface area (Å²) in [5, 5.41) is 14.8. The SMILES string of the molecule is Cc1cc(N2CCN(c3ccccc3S(N)(=O)=O)CC2)c(C#N)c(C)n1. The van der Waals surface area contributed by atoms with Crippen LogP contribution in [0.15, 0.2) is 35.2 Å². The summed E-state index contributed by atoms with van der Waals surface area (Å²) in [4.78, 5) is 8.67. The average molecular weight is 371 g/mol. The minimum Gasteiger partial charge on any atom is -0.367 e. The molecule has 3 rings (SSSR count). The normalized spacial score (nSPS) is 15.0. The summed E-state index contributed by atoms with van der Waals surface area (Å²) in [6, 6.07) is 11.0. The summed E-state index contributed by atoms with van der Waals surface area (Å²) in [6.07, 6.45) is 0. The van der Waals surface area contributed by atoms with Gasteiger partial charge in [0.15, 0.2) is 0 Å².